The molecule has 0 aromatic rings. The highest BCUT2D eigenvalue weighted by atomic mass is 16.3. The highest BCUT2D eigenvalue weighted by Crippen LogP contribution is 2.00. The van der Waals surface area contributed by atoms with Gasteiger partial charge in [0, 0.05) is 19.7 Å². The predicted octanol–water partition coefficient (Wildman–Crippen LogP) is 0.605. The van der Waals surface area contributed by atoms with E-state index in [0.717, 1.165) is 32.5 Å². The molecule has 0 fully saturated rings. The molecule has 0 aromatic carbocycles. The lowest BCUT2D eigenvalue weighted by Crippen LogP contribution is -2.45. The van der Waals surface area contributed by atoms with Crippen LogP contribution >= 0.6 is 0 Å². The number of carbonyl (C=O) groups is 1. The van der Waals surface area contributed by atoms with Crippen molar-refractivity contribution >= 4 is 5.91 Å². The highest BCUT2D eigenvalue weighted by Gasteiger charge is 2.18. The van der Waals surface area contributed by atoms with E-state index in [4.69, 9.17) is 5.11 Å². The summed E-state index contributed by atoms with van der Waals surface area (Å²) in [6.07, 6.45) is 1.68. The van der Waals surface area contributed by atoms with Gasteiger partial charge in [-0.2, -0.15) is 0 Å². The van der Waals surface area contributed by atoms with Gasteiger partial charge in [0.05, 0.1) is 6.04 Å². The summed E-state index contributed by atoms with van der Waals surface area (Å²) in [4.78, 5) is 13.7. The molecule has 0 bridgehead atoms. The summed E-state index contributed by atoms with van der Waals surface area (Å²) in [5.41, 5.74) is 0. The fourth-order valence-corrected chi connectivity index (χ4v) is 1.46. The Bertz CT molecular complexity index is 174. The molecule has 1 amide bonds. The molecule has 90 valence electrons. The molecule has 0 aliphatic rings. The average molecular weight is 216 g/mol. The van der Waals surface area contributed by atoms with Crippen LogP contribution < -0.4 is 5.32 Å². The number of amides is 1. The van der Waals surface area contributed by atoms with Gasteiger partial charge in [-0.1, -0.05) is 13.8 Å². The Morgan fingerprint density at radius 2 is 2.13 bits per heavy atom. The second-order valence-electron chi connectivity index (χ2n) is 3.67. The second kappa shape index (κ2) is 8.68. The summed E-state index contributed by atoms with van der Waals surface area (Å²) in [5, 5.41) is 11.6. The molecule has 15 heavy (non-hydrogen) atoms. The first kappa shape index (κ1) is 14.4. The number of carbonyl (C=O) groups excluding carboxylic acids is 1. The maximum absolute atomic E-state index is 11.7. The first-order valence-corrected chi connectivity index (χ1v) is 5.79. The van der Waals surface area contributed by atoms with Crippen LogP contribution in [0.3, 0.4) is 0 Å². The van der Waals surface area contributed by atoms with E-state index in [9.17, 15) is 4.79 Å². The van der Waals surface area contributed by atoms with Crippen LogP contribution in [0.1, 0.15) is 33.6 Å². The van der Waals surface area contributed by atoms with Crippen LogP contribution in [0.4, 0.5) is 0 Å². The minimum absolute atomic E-state index is 0.0802. The SMILES string of the molecule is CCCNC(=O)C(C)N(CC)CCCO. The van der Waals surface area contributed by atoms with E-state index >= 15 is 0 Å². The normalized spacial score (nSPS) is 12.9. The molecule has 4 heteroatoms. The molecular formula is C11H24N2O2. The third-order valence-corrected chi connectivity index (χ3v) is 2.49. The number of aliphatic hydroxyl groups is 1. The first-order chi connectivity index (χ1) is 7.17. The standard InChI is InChI=1S/C11H24N2O2/c1-4-7-12-11(15)10(3)13(5-2)8-6-9-14/h10,14H,4-9H2,1-3H3,(H,12,15). The largest absolute Gasteiger partial charge is 0.396 e. The summed E-state index contributed by atoms with van der Waals surface area (Å²) in [6.45, 7) is 8.50. The smallest absolute Gasteiger partial charge is 0.237 e. The average Bonchev–Trinajstić information content (AvgIpc) is 2.26. The van der Waals surface area contributed by atoms with Gasteiger partial charge < -0.3 is 10.4 Å². The molecule has 0 rings (SSSR count). The highest BCUT2D eigenvalue weighted by molar-refractivity contribution is 5.81. The van der Waals surface area contributed by atoms with Crippen molar-refractivity contribution < 1.29 is 9.90 Å². The molecular weight excluding hydrogens is 192 g/mol. The van der Waals surface area contributed by atoms with E-state index < -0.39 is 0 Å². The van der Waals surface area contributed by atoms with E-state index in [0.29, 0.717) is 0 Å². The van der Waals surface area contributed by atoms with E-state index in [1.54, 1.807) is 0 Å². The van der Waals surface area contributed by atoms with Gasteiger partial charge in [-0.05, 0) is 26.3 Å². The van der Waals surface area contributed by atoms with Crippen molar-refractivity contribution in [2.24, 2.45) is 0 Å². The third kappa shape index (κ3) is 5.74. The van der Waals surface area contributed by atoms with Crippen LogP contribution in [-0.2, 0) is 4.79 Å². The predicted molar refractivity (Wildman–Crippen MR) is 61.7 cm³/mol. The van der Waals surface area contributed by atoms with Gasteiger partial charge in [-0.3, -0.25) is 9.69 Å². The summed E-state index contributed by atoms with van der Waals surface area (Å²) in [6, 6.07) is -0.104. The third-order valence-electron chi connectivity index (χ3n) is 2.49. The minimum atomic E-state index is -0.104. The Kier molecular flexibility index (Phi) is 8.33. The number of nitrogens with zero attached hydrogens (tertiary/aromatic N) is 1. The summed E-state index contributed by atoms with van der Waals surface area (Å²) < 4.78 is 0. The fourth-order valence-electron chi connectivity index (χ4n) is 1.46. The lowest BCUT2D eigenvalue weighted by molar-refractivity contribution is -0.125. The van der Waals surface area contributed by atoms with Crippen molar-refractivity contribution in [1.29, 1.82) is 0 Å². The molecule has 0 saturated heterocycles. The first-order valence-electron chi connectivity index (χ1n) is 5.79. The second-order valence-corrected chi connectivity index (χ2v) is 3.67. The molecule has 1 unspecified atom stereocenters. The zero-order chi connectivity index (χ0) is 11.7. The lowest BCUT2D eigenvalue weighted by atomic mass is 10.2. The van der Waals surface area contributed by atoms with E-state index in [-0.39, 0.29) is 18.6 Å². The Balaban J connectivity index is 3.99. The summed E-state index contributed by atoms with van der Waals surface area (Å²) in [7, 11) is 0. The Morgan fingerprint density at radius 3 is 2.60 bits per heavy atom. The number of aliphatic hydroxyl groups excluding tert-OH is 1. The van der Waals surface area contributed by atoms with Crippen LogP contribution in [0.5, 0.6) is 0 Å². The monoisotopic (exact) mass is 216 g/mol. The zero-order valence-electron chi connectivity index (χ0n) is 10.1. The number of likely N-dealkylation sites (N-methyl/N-ethyl adjacent to an activating group) is 1. The van der Waals surface area contributed by atoms with Gasteiger partial charge in [0.1, 0.15) is 0 Å². The minimum Gasteiger partial charge on any atom is -0.396 e. The quantitative estimate of drug-likeness (QED) is 0.625. The summed E-state index contributed by atoms with van der Waals surface area (Å²) >= 11 is 0. The molecule has 4 nitrogen and oxygen atoms in total. The molecule has 0 radical (unpaired) electrons. The Labute approximate surface area is 92.7 Å². The van der Waals surface area contributed by atoms with Gasteiger partial charge >= 0.3 is 0 Å². The van der Waals surface area contributed by atoms with Crippen molar-refractivity contribution in [2.75, 3.05) is 26.2 Å². The van der Waals surface area contributed by atoms with Gasteiger partial charge in [-0.25, -0.2) is 0 Å². The summed E-state index contributed by atoms with van der Waals surface area (Å²) in [5.74, 6) is 0.0802. The van der Waals surface area contributed by atoms with Gasteiger partial charge in [0.15, 0.2) is 0 Å². The molecule has 0 aromatic heterocycles. The topological polar surface area (TPSA) is 52.6 Å². The van der Waals surface area contributed by atoms with Crippen LogP contribution in [0, 0.1) is 0 Å². The maximum atomic E-state index is 11.7. The van der Waals surface area contributed by atoms with E-state index in [2.05, 4.69) is 10.2 Å². The number of hydrogen-bond acceptors (Lipinski definition) is 3. The lowest BCUT2D eigenvalue weighted by Gasteiger charge is -2.26. The number of nitrogens with one attached hydrogen (secondary N) is 1. The van der Waals surface area contributed by atoms with Crippen molar-refractivity contribution in [3.8, 4) is 0 Å². The van der Waals surface area contributed by atoms with Crippen molar-refractivity contribution in [3.05, 3.63) is 0 Å². The van der Waals surface area contributed by atoms with Crippen LogP contribution in [0.2, 0.25) is 0 Å². The molecule has 0 heterocycles. The molecule has 0 aliphatic carbocycles. The van der Waals surface area contributed by atoms with Gasteiger partial charge in [0.2, 0.25) is 5.91 Å². The molecule has 2 N–H and O–H groups in total. The number of rotatable bonds is 8. The van der Waals surface area contributed by atoms with Crippen molar-refractivity contribution in [3.63, 3.8) is 0 Å². The molecule has 0 aliphatic heterocycles. The Morgan fingerprint density at radius 1 is 1.47 bits per heavy atom. The van der Waals surface area contributed by atoms with Gasteiger partial charge in [-0.15, -0.1) is 0 Å². The zero-order valence-corrected chi connectivity index (χ0v) is 10.1. The van der Waals surface area contributed by atoms with Gasteiger partial charge in [0.25, 0.3) is 0 Å². The Hall–Kier alpha value is -0.610. The molecule has 1 atom stereocenters. The van der Waals surface area contributed by atoms with Crippen molar-refractivity contribution in [1.82, 2.24) is 10.2 Å². The van der Waals surface area contributed by atoms with Crippen LogP contribution in [-0.4, -0.2) is 48.2 Å². The fraction of sp³-hybridized carbons (Fsp3) is 0.909. The van der Waals surface area contributed by atoms with Crippen LogP contribution in [0.25, 0.3) is 0 Å². The number of hydrogen-bond donors (Lipinski definition) is 2. The van der Waals surface area contributed by atoms with E-state index in [1.165, 1.54) is 0 Å². The maximum Gasteiger partial charge on any atom is 0.237 e. The molecule has 0 saturated carbocycles. The molecule has 0 spiro atoms. The van der Waals surface area contributed by atoms with E-state index in [1.807, 2.05) is 20.8 Å². The van der Waals surface area contributed by atoms with Crippen LogP contribution in [0.15, 0.2) is 0 Å². The van der Waals surface area contributed by atoms with Crippen molar-refractivity contribution in [2.45, 2.75) is 39.7 Å².